The normalized spacial score (nSPS) is 10.5. The molecule has 2 aromatic heterocycles. The second-order valence-electron chi connectivity index (χ2n) is 6.15. The van der Waals surface area contributed by atoms with Gasteiger partial charge in [-0.15, -0.1) is 11.3 Å². The summed E-state index contributed by atoms with van der Waals surface area (Å²) in [7, 11) is 0. The van der Waals surface area contributed by atoms with Crippen molar-refractivity contribution in [2.45, 2.75) is 20.8 Å². The summed E-state index contributed by atoms with van der Waals surface area (Å²) in [6, 6.07) is 7.28. The Labute approximate surface area is 161 Å². The first kappa shape index (κ1) is 18.7. The largest absolute Gasteiger partial charge is 0.452 e. The van der Waals surface area contributed by atoms with E-state index in [1.807, 2.05) is 12.3 Å². The molecule has 2 heterocycles. The Balaban J connectivity index is 1.61. The fraction of sp³-hybridized carbons (Fsp3) is 0.200. The molecule has 27 heavy (non-hydrogen) atoms. The van der Waals surface area contributed by atoms with Crippen LogP contribution in [0.25, 0.3) is 11.3 Å². The number of hydrogen-bond acceptors (Lipinski definition) is 6. The zero-order valence-electron chi connectivity index (χ0n) is 15.3. The van der Waals surface area contributed by atoms with E-state index in [0.29, 0.717) is 10.7 Å². The van der Waals surface area contributed by atoms with E-state index in [0.717, 1.165) is 16.8 Å². The maximum absolute atomic E-state index is 12.0. The fourth-order valence-electron chi connectivity index (χ4n) is 2.55. The van der Waals surface area contributed by atoms with Crippen molar-refractivity contribution in [3.63, 3.8) is 0 Å². The Bertz CT molecular complexity index is 983. The number of amides is 1. The van der Waals surface area contributed by atoms with Crippen molar-refractivity contribution in [1.29, 1.82) is 0 Å². The van der Waals surface area contributed by atoms with Crippen molar-refractivity contribution in [3.05, 3.63) is 64.3 Å². The summed E-state index contributed by atoms with van der Waals surface area (Å²) in [5.41, 5.74) is 5.75. The lowest BCUT2D eigenvalue weighted by Crippen LogP contribution is -2.20. The van der Waals surface area contributed by atoms with Crippen LogP contribution in [0.2, 0.25) is 0 Å². The highest BCUT2D eigenvalue weighted by Gasteiger charge is 2.13. The number of aromatic nitrogens is 2. The molecule has 1 N–H and O–H groups in total. The van der Waals surface area contributed by atoms with Gasteiger partial charge in [-0.05, 0) is 55.7 Å². The minimum absolute atomic E-state index is 0.347. The molecule has 0 fully saturated rings. The van der Waals surface area contributed by atoms with Gasteiger partial charge in [-0.25, -0.2) is 9.78 Å². The zero-order valence-corrected chi connectivity index (χ0v) is 16.1. The number of rotatable bonds is 5. The van der Waals surface area contributed by atoms with Gasteiger partial charge in [-0.2, -0.15) is 0 Å². The number of aryl methyl sites for hydroxylation is 3. The van der Waals surface area contributed by atoms with E-state index in [2.05, 4.69) is 41.3 Å². The third-order valence-electron chi connectivity index (χ3n) is 4.12. The molecule has 0 aliphatic carbocycles. The SMILES string of the molecule is Cc1cc(C)c(-c2csc(NC(=O)COC(=O)c3ccncc3)n2)cc1C. The number of thiazole rings is 1. The summed E-state index contributed by atoms with van der Waals surface area (Å²) in [6.07, 6.45) is 2.98. The van der Waals surface area contributed by atoms with E-state index in [-0.39, 0.29) is 6.61 Å². The molecule has 3 aromatic rings. The predicted molar refractivity (Wildman–Crippen MR) is 105 cm³/mol. The second kappa shape index (κ2) is 8.09. The zero-order chi connectivity index (χ0) is 19.4. The van der Waals surface area contributed by atoms with Gasteiger partial charge in [0.1, 0.15) is 0 Å². The van der Waals surface area contributed by atoms with Gasteiger partial charge in [0.05, 0.1) is 11.3 Å². The minimum Gasteiger partial charge on any atom is -0.452 e. The Hall–Kier alpha value is -3.06. The van der Waals surface area contributed by atoms with Gasteiger partial charge in [0.25, 0.3) is 5.91 Å². The van der Waals surface area contributed by atoms with Crippen LogP contribution in [0.3, 0.4) is 0 Å². The summed E-state index contributed by atoms with van der Waals surface area (Å²) in [6.45, 7) is 5.80. The quantitative estimate of drug-likeness (QED) is 0.677. The molecule has 0 saturated heterocycles. The fourth-order valence-corrected chi connectivity index (χ4v) is 3.28. The van der Waals surface area contributed by atoms with Crippen LogP contribution in [0.1, 0.15) is 27.0 Å². The Morgan fingerprint density at radius 3 is 2.52 bits per heavy atom. The molecular weight excluding hydrogens is 362 g/mol. The molecule has 3 rings (SSSR count). The predicted octanol–water partition coefficient (Wildman–Crippen LogP) is 3.93. The molecule has 7 heteroatoms. The molecule has 0 aliphatic heterocycles. The van der Waals surface area contributed by atoms with Crippen LogP contribution in [0, 0.1) is 20.8 Å². The molecule has 138 valence electrons. The van der Waals surface area contributed by atoms with Crippen molar-refractivity contribution in [2.75, 3.05) is 11.9 Å². The average Bonchev–Trinajstić information content (AvgIpc) is 3.11. The van der Waals surface area contributed by atoms with Gasteiger partial charge in [0, 0.05) is 23.3 Å². The number of nitrogens with one attached hydrogen (secondary N) is 1. The molecule has 0 radical (unpaired) electrons. The van der Waals surface area contributed by atoms with Gasteiger partial charge in [0.15, 0.2) is 11.7 Å². The highest BCUT2D eigenvalue weighted by atomic mass is 32.1. The topological polar surface area (TPSA) is 81.2 Å². The molecule has 6 nitrogen and oxygen atoms in total. The molecule has 0 spiro atoms. The molecular formula is C20H19N3O3S. The molecule has 0 saturated carbocycles. The molecule has 0 unspecified atom stereocenters. The van der Waals surface area contributed by atoms with Crippen LogP contribution in [0.15, 0.2) is 42.0 Å². The highest BCUT2D eigenvalue weighted by molar-refractivity contribution is 7.14. The van der Waals surface area contributed by atoms with Gasteiger partial charge >= 0.3 is 5.97 Å². The summed E-state index contributed by atoms with van der Waals surface area (Å²) in [5, 5.41) is 5.03. The van der Waals surface area contributed by atoms with Crippen LogP contribution in [0.5, 0.6) is 0 Å². The van der Waals surface area contributed by atoms with Crippen LogP contribution < -0.4 is 5.32 Å². The third-order valence-corrected chi connectivity index (χ3v) is 4.88. The van der Waals surface area contributed by atoms with Crippen LogP contribution >= 0.6 is 11.3 Å². The Kier molecular flexibility index (Phi) is 5.61. The average molecular weight is 381 g/mol. The van der Waals surface area contributed by atoms with Crippen LogP contribution in [-0.4, -0.2) is 28.5 Å². The first-order valence-corrected chi connectivity index (χ1v) is 9.23. The van der Waals surface area contributed by atoms with Crippen molar-refractivity contribution in [2.24, 2.45) is 0 Å². The lowest BCUT2D eigenvalue weighted by Gasteiger charge is -2.07. The van der Waals surface area contributed by atoms with Crippen molar-refractivity contribution in [3.8, 4) is 11.3 Å². The second-order valence-corrected chi connectivity index (χ2v) is 7.01. The number of hydrogen-bond donors (Lipinski definition) is 1. The first-order valence-electron chi connectivity index (χ1n) is 8.35. The van der Waals surface area contributed by atoms with Crippen molar-refractivity contribution in [1.82, 2.24) is 9.97 Å². The Morgan fingerprint density at radius 2 is 1.78 bits per heavy atom. The van der Waals surface area contributed by atoms with Gasteiger partial charge in [-0.1, -0.05) is 6.07 Å². The summed E-state index contributed by atoms with van der Waals surface area (Å²) in [4.78, 5) is 32.2. The number of benzene rings is 1. The van der Waals surface area contributed by atoms with E-state index in [1.54, 1.807) is 0 Å². The van der Waals surface area contributed by atoms with Crippen LogP contribution in [0.4, 0.5) is 5.13 Å². The number of esters is 1. The summed E-state index contributed by atoms with van der Waals surface area (Å²) < 4.78 is 5.00. The highest BCUT2D eigenvalue weighted by Crippen LogP contribution is 2.29. The number of carbonyl (C=O) groups excluding carboxylic acids is 2. The number of nitrogens with zero attached hydrogens (tertiary/aromatic N) is 2. The first-order chi connectivity index (χ1) is 12.9. The number of pyridine rings is 1. The minimum atomic E-state index is -0.571. The van der Waals surface area contributed by atoms with Crippen molar-refractivity contribution >= 4 is 28.3 Å². The molecule has 0 aliphatic rings. The third kappa shape index (κ3) is 4.57. The van der Waals surface area contributed by atoms with Crippen molar-refractivity contribution < 1.29 is 14.3 Å². The molecule has 1 amide bonds. The molecule has 0 bridgehead atoms. The lowest BCUT2D eigenvalue weighted by molar-refractivity contribution is -0.119. The monoisotopic (exact) mass is 381 g/mol. The van der Waals surface area contributed by atoms with E-state index in [9.17, 15) is 9.59 Å². The van der Waals surface area contributed by atoms with Crippen LogP contribution in [-0.2, 0) is 9.53 Å². The van der Waals surface area contributed by atoms with Gasteiger partial charge in [-0.3, -0.25) is 15.1 Å². The molecule has 1 aromatic carbocycles. The Morgan fingerprint density at radius 1 is 1.07 bits per heavy atom. The number of anilines is 1. The smallest absolute Gasteiger partial charge is 0.338 e. The van der Waals surface area contributed by atoms with E-state index < -0.39 is 11.9 Å². The standard InChI is InChI=1S/C20H19N3O3S/c1-12-8-14(3)16(9-13(12)2)17-11-27-20(22-17)23-18(24)10-26-19(25)15-4-6-21-7-5-15/h4-9,11H,10H2,1-3H3,(H,22,23,24). The number of ether oxygens (including phenoxy) is 1. The maximum atomic E-state index is 12.0. The van der Waals surface area contributed by atoms with Gasteiger partial charge in [0.2, 0.25) is 0 Å². The van der Waals surface area contributed by atoms with E-state index in [1.165, 1.54) is 47.0 Å². The summed E-state index contributed by atoms with van der Waals surface area (Å²) >= 11 is 1.33. The summed E-state index contributed by atoms with van der Waals surface area (Å²) in [5.74, 6) is -1.01. The maximum Gasteiger partial charge on any atom is 0.338 e. The van der Waals surface area contributed by atoms with Gasteiger partial charge < -0.3 is 4.74 Å². The number of carbonyl (C=O) groups is 2. The lowest BCUT2D eigenvalue weighted by atomic mass is 9.99. The molecule has 0 atom stereocenters. The van der Waals surface area contributed by atoms with E-state index >= 15 is 0 Å². The van der Waals surface area contributed by atoms with E-state index in [4.69, 9.17) is 4.74 Å².